The number of hydrazone groups is 1. The maximum Gasteiger partial charge on any atom is 0.259 e. The predicted octanol–water partition coefficient (Wildman–Crippen LogP) is 4.04. The van der Waals surface area contributed by atoms with Crippen molar-refractivity contribution in [2.24, 2.45) is 5.10 Å². The van der Waals surface area contributed by atoms with Crippen LogP contribution in [0.15, 0.2) is 47.6 Å². The fourth-order valence-electron chi connectivity index (χ4n) is 2.02. The highest BCUT2D eigenvalue weighted by Gasteiger charge is 2.13. The van der Waals surface area contributed by atoms with E-state index < -0.39 is 0 Å². The van der Waals surface area contributed by atoms with Crippen LogP contribution in [0.2, 0.25) is 10.0 Å². The molecule has 0 aliphatic heterocycles. The number of benzene rings is 2. The minimum absolute atomic E-state index is 0.0762. The topological polar surface area (TPSA) is 73.7 Å². The number of phenols is 1. The third kappa shape index (κ3) is 4.88. The van der Waals surface area contributed by atoms with Gasteiger partial charge < -0.3 is 10.4 Å². The molecule has 2 aromatic rings. The summed E-state index contributed by atoms with van der Waals surface area (Å²) in [5, 5.41) is 17.6. The monoisotopic (exact) mass is 365 g/mol. The number of aromatic hydroxyl groups is 1. The van der Waals surface area contributed by atoms with Gasteiger partial charge in [-0.2, -0.15) is 5.10 Å². The molecular formula is C17H17Cl2N3O2. The summed E-state index contributed by atoms with van der Waals surface area (Å²) in [4.78, 5) is 11.9. The Hall–Kier alpha value is -2.24. The van der Waals surface area contributed by atoms with Crippen molar-refractivity contribution in [1.82, 2.24) is 5.43 Å². The number of nitrogens with one attached hydrogen (secondary N) is 2. The zero-order chi connectivity index (χ0) is 17.5. The zero-order valence-corrected chi connectivity index (χ0v) is 14.5. The first-order valence-electron chi connectivity index (χ1n) is 7.34. The van der Waals surface area contributed by atoms with E-state index in [0.29, 0.717) is 22.7 Å². The Bertz CT molecular complexity index is 749. The largest absolute Gasteiger partial charge is 0.506 e. The lowest BCUT2D eigenvalue weighted by molar-refractivity contribution is -0.119. The van der Waals surface area contributed by atoms with Crippen molar-refractivity contribution < 1.29 is 9.90 Å². The second kappa shape index (κ2) is 8.57. The van der Waals surface area contributed by atoms with Gasteiger partial charge in [-0.15, -0.1) is 0 Å². The van der Waals surface area contributed by atoms with Crippen LogP contribution in [0.25, 0.3) is 0 Å². The van der Waals surface area contributed by atoms with Gasteiger partial charge in [-0.3, -0.25) is 4.79 Å². The highest BCUT2D eigenvalue weighted by molar-refractivity contribution is 6.36. The lowest BCUT2D eigenvalue weighted by atomic mass is 10.1. The third-order valence-electron chi connectivity index (χ3n) is 3.22. The number of phenolic OH excluding ortho intramolecular Hbond substituents is 1. The van der Waals surface area contributed by atoms with E-state index in [9.17, 15) is 9.90 Å². The third-order valence-corrected chi connectivity index (χ3v) is 3.72. The maximum atomic E-state index is 11.9. The number of nitrogens with zero attached hydrogens (tertiary/aromatic N) is 1. The smallest absolute Gasteiger partial charge is 0.259 e. The standard InChI is InChI=1S/C17H17Cl2N3O2/c1-2-15(13-8-11(18)9-14(19)17(13)24)21-22-16(23)10-20-12-6-4-3-5-7-12/h3-9,20,24H,2,10H2,1H3,(H,22,23)/b21-15+. The number of anilines is 1. The molecule has 0 bridgehead atoms. The number of hydrogen-bond acceptors (Lipinski definition) is 4. The second-order valence-electron chi connectivity index (χ2n) is 4.95. The van der Waals surface area contributed by atoms with Crippen LogP contribution < -0.4 is 10.7 Å². The van der Waals surface area contributed by atoms with Crippen LogP contribution in [0.1, 0.15) is 18.9 Å². The Morgan fingerprint density at radius 3 is 2.58 bits per heavy atom. The van der Waals surface area contributed by atoms with E-state index in [1.807, 2.05) is 37.3 Å². The highest BCUT2D eigenvalue weighted by Crippen LogP contribution is 2.32. The molecule has 0 radical (unpaired) electrons. The minimum Gasteiger partial charge on any atom is -0.506 e. The molecule has 0 heterocycles. The normalized spacial score (nSPS) is 11.2. The molecule has 0 aliphatic rings. The average molecular weight is 366 g/mol. The molecule has 1 amide bonds. The van der Waals surface area contributed by atoms with Crippen molar-refractivity contribution in [3.8, 4) is 5.75 Å². The number of halogens is 2. The minimum atomic E-state index is -0.308. The van der Waals surface area contributed by atoms with E-state index in [2.05, 4.69) is 15.8 Å². The highest BCUT2D eigenvalue weighted by atomic mass is 35.5. The number of carbonyl (C=O) groups excluding carboxylic acids is 1. The number of amides is 1. The van der Waals surface area contributed by atoms with Crippen molar-refractivity contribution in [2.45, 2.75) is 13.3 Å². The lowest BCUT2D eigenvalue weighted by Crippen LogP contribution is -2.27. The van der Waals surface area contributed by atoms with Gasteiger partial charge in [0.2, 0.25) is 0 Å². The lowest BCUT2D eigenvalue weighted by Gasteiger charge is -2.10. The maximum absolute atomic E-state index is 11.9. The van der Waals surface area contributed by atoms with Crippen molar-refractivity contribution >= 4 is 40.5 Å². The molecule has 3 N–H and O–H groups in total. The van der Waals surface area contributed by atoms with E-state index in [0.717, 1.165) is 5.69 Å². The van der Waals surface area contributed by atoms with E-state index in [-0.39, 0.29) is 23.2 Å². The van der Waals surface area contributed by atoms with Gasteiger partial charge in [0.15, 0.2) is 0 Å². The van der Waals surface area contributed by atoms with E-state index >= 15 is 0 Å². The predicted molar refractivity (Wildman–Crippen MR) is 98.0 cm³/mol. The molecule has 126 valence electrons. The number of carbonyl (C=O) groups is 1. The molecule has 0 unspecified atom stereocenters. The van der Waals surface area contributed by atoms with Gasteiger partial charge in [0.25, 0.3) is 5.91 Å². The molecule has 0 atom stereocenters. The van der Waals surface area contributed by atoms with Crippen LogP contribution >= 0.6 is 23.2 Å². The zero-order valence-electron chi connectivity index (χ0n) is 13.0. The molecule has 7 heteroatoms. The van der Waals surface area contributed by atoms with Gasteiger partial charge in [-0.1, -0.05) is 48.3 Å². The summed E-state index contributed by atoms with van der Waals surface area (Å²) < 4.78 is 0. The molecule has 0 aromatic heterocycles. The van der Waals surface area contributed by atoms with Crippen LogP contribution in [-0.4, -0.2) is 23.3 Å². The van der Waals surface area contributed by atoms with Gasteiger partial charge in [0, 0.05) is 16.3 Å². The molecule has 0 saturated heterocycles. The summed E-state index contributed by atoms with van der Waals surface area (Å²) >= 11 is 11.9. The van der Waals surface area contributed by atoms with Crippen LogP contribution in [0, 0.1) is 0 Å². The summed E-state index contributed by atoms with van der Waals surface area (Å²) in [6, 6.07) is 12.4. The Balaban J connectivity index is 2.04. The van der Waals surface area contributed by atoms with Gasteiger partial charge in [0.1, 0.15) is 5.75 Å². The molecule has 0 saturated carbocycles. The molecule has 2 rings (SSSR count). The Kier molecular flexibility index (Phi) is 6.46. The summed E-state index contributed by atoms with van der Waals surface area (Å²) in [5.41, 5.74) is 4.17. The fraction of sp³-hybridized carbons (Fsp3) is 0.176. The quantitative estimate of drug-likeness (QED) is 0.534. The van der Waals surface area contributed by atoms with Crippen LogP contribution in [-0.2, 0) is 4.79 Å². The number of rotatable bonds is 6. The van der Waals surface area contributed by atoms with E-state index in [1.54, 1.807) is 6.07 Å². The summed E-state index contributed by atoms with van der Waals surface area (Å²) in [6.45, 7) is 1.92. The van der Waals surface area contributed by atoms with Gasteiger partial charge in [-0.25, -0.2) is 5.43 Å². The summed E-state index contributed by atoms with van der Waals surface area (Å²) in [5.74, 6) is -0.421. The molecular weight excluding hydrogens is 349 g/mol. The molecule has 5 nitrogen and oxygen atoms in total. The van der Waals surface area contributed by atoms with Crippen molar-refractivity contribution in [1.29, 1.82) is 0 Å². The number of para-hydroxylation sites is 1. The van der Waals surface area contributed by atoms with E-state index in [4.69, 9.17) is 23.2 Å². The van der Waals surface area contributed by atoms with Crippen molar-refractivity contribution in [3.05, 3.63) is 58.1 Å². The molecule has 24 heavy (non-hydrogen) atoms. The number of hydrogen-bond donors (Lipinski definition) is 3. The van der Waals surface area contributed by atoms with Crippen LogP contribution in [0.3, 0.4) is 0 Å². The Morgan fingerprint density at radius 1 is 1.21 bits per heavy atom. The first-order chi connectivity index (χ1) is 11.5. The average Bonchev–Trinajstić information content (AvgIpc) is 2.58. The molecule has 0 aliphatic carbocycles. The Morgan fingerprint density at radius 2 is 1.92 bits per heavy atom. The first-order valence-corrected chi connectivity index (χ1v) is 8.09. The van der Waals surface area contributed by atoms with Crippen LogP contribution in [0.5, 0.6) is 5.75 Å². The summed E-state index contributed by atoms with van der Waals surface area (Å²) in [7, 11) is 0. The fourth-order valence-corrected chi connectivity index (χ4v) is 2.52. The van der Waals surface area contributed by atoms with Crippen molar-refractivity contribution in [3.63, 3.8) is 0 Å². The second-order valence-corrected chi connectivity index (χ2v) is 5.79. The molecule has 2 aromatic carbocycles. The molecule has 0 fully saturated rings. The SMILES string of the molecule is CC/C(=N\NC(=O)CNc1ccccc1)c1cc(Cl)cc(Cl)c1O. The Labute approximate surface area is 150 Å². The van der Waals surface area contributed by atoms with Gasteiger partial charge >= 0.3 is 0 Å². The van der Waals surface area contributed by atoms with Gasteiger partial charge in [0.05, 0.1) is 17.3 Å². The summed E-state index contributed by atoms with van der Waals surface area (Å²) in [6.07, 6.45) is 0.483. The van der Waals surface area contributed by atoms with E-state index in [1.165, 1.54) is 6.07 Å². The van der Waals surface area contributed by atoms with Gasteiger partial charge in [-0.05, 0) is 30.7 Å². The first kappa shape index (κ1) is 18.1. The van der Waals surface area contributed by atoms with Crippen LogP contribution in [0.4, 0.5) is 5.69 Å². The van der Waals surface area contributed by atoms with Crippen molar-refractivity contribution in [2.75, 3.05) is 11.9 Å². The molecule has 0 spiro atoms.